The van der Waals surface area contributed by atoms with Crippen molar-refractivity contribution in [2.24, 2.45) is 0 Å². The van der Waals surface area contributed by atoms with Gasteiger partial charge in [-0.05, 0) is 61.9 Å². The summed E-state index contributed by atoms with van der Waals surface area (Å²) in [4.78, 5) is 29.6. The fraction of sp³-hybridized carbons (Fsp3) is 0.172. The lowest BCUT2D eigenvalue weighted by Gasteiger charge is -2.18. The smallest absolute Gasteiger partial charge is 0.307 e. The van der Waals surface area contributed by atoms with E-state index in [0.29, 0.717) is 16.8 Å². The molecule has 0 aliphatic rings. The van der Waals surface area contributed by atoms with Crippen molar-refractivity contribution in [3.05, 3.63) is 107 Å². The summed E-state index contributed by atoms with van der Waals surface area (Å²) < 4.78 is 22.4. The van der Waals surface area contributed by atoms with E-state index in [1.165, 1.54) is 25.3 Å². The minimum atomic E-state index is -0.755. The van der Waals surface area contributed by atoms with Gasteiger partial charge in [-0.3, -0.25) is 14.0 Å². The van der Waals surface area contributed by atoms with Crippen LogP contribution in [0.5, 0.6) is 0 Å². The molecule has 1 amide bonds. The highest BCUT2D eigenvalue weighted by atomic mass is 19.1. The van der Waals surface area contributed by atoms with Gasteiger partial charge in [0, 0.05) is 23.0 Å². The second-order valence-corrected chi connectivity index (χ2v) is 9.04. The largest absolute Gasteiger partial charge is 0.469 e. The number of carbonyl (C=O) groups is 2. The van der Waals surface area contributed by atoms with Crippen LogP contribution in [0.25, 0.3) is 22.6 Å². The monoisotopic (exact) mass is 511 g/mol. The summed E-state index contributed by atoms with van der Waals surface area (Å²) in [6.07, 6.45) is 3.40. The Hall–Kier alpha value is -4.79. The number of aryl methyl sites for hydroxylation is 2. The maximum Gasteiger partial charge on any atom is 0.307 e. The fourth-order valence-corrected chi connectivity index (χ4v) is 4.49. The van der Waals surface area contributed by atoms with Gasteiger partial charge in [0.1, 0.15) is 11.5 Å². The standard InChI is InChI=1S/C29H26FN5O3/c1-18-12-19(2)35(33-18)24-9-5-7-21(14-24)26-17-31-27-15-22(10-11-34(26)27)29(37)32-25(16-28(36)38-3)20-6-4-8-23(30)13-20/h4-15,17,25H,16H2,1-3H3,(H,32,37). The summed E-state index contributed by atoms with van der Waals surface area (Å²) in [5.74, 6) is -1.39. The van der Waals surface area contributed by atoms with Crippen LogP contribution in [0.3, 0.4) is 0 Å². The van der Waals surface area contributed by atoms with Gasteiger partial charge >= 0.3 is 5.97 Å². The molecular weight excluding hydrogens is 485 g/mol. The van der Waals surface area contributed by atoms with Crippen molar-refractivity contribution in [1.82, 2.24) is 24.5 Å². The second-order valence-electron chi connectivity index (χ2n) is 9.04. The topological polar surface area (TPSA) is 90.5 Å². The number of carbonyl (C=O) groups excluding carboxylic acids is 2. The third kappa shape index (κ3) is 5.04. The summed E-state index contributed by atoms with van der Waals surface area (Å²) in [7, 11) is 1.27. The number of esters is 1. The molecule has 8 nitrogen and oxygen atoms in total. The minimum absolute atomic E-state index is 0.132. The zero-order valence-electron chi connectivity index (χ0n) is 21.2. The molecule has 5 rings (SSSR count). The van der Waals surface area contributed by atoms with Crippen LogP contribution >= 0.6 is 0 Å². The van der Waals surface area contributed by atoms with E-state index in [4.69, 9.17) is 4.74 Å². The van der Waals surface area contributed by atoms with Crippen molar-refractivity contribution in [3.63, 3.8) is 0 Å². The molecule has 0 saturated heterocycles. The van der Waals surface area contributed by atoms with Gasteiger partial charge in [0.15, 0.2) is 0 Å². The molecule has 3 aromatic heterocycles. The van der Waals surface area contributed by atoms with Crippen molar-refractivity contribution >= 4 is 17.5 Å². The molecule has 0 aliphatic carbocycles. The number of nitrogens with zero attached hydrogens (tertiary/aromatic N) is 4. The molecule has 9 heteroatoms. The number of halogens is 1. The second kappa shape index (κ2) is 10.3. The van der Waals surface area contributed by atoms with Crippen molar-refractivity contribution in [2.75, 3.05) is 7.11 Å². The lowest BCUT2D eigenvalue weighted by atomic mass is 10.0. The summed E-state index contributed by atoms with van der Waals surface area (Å²) in [5, 5.41) is 7.39. The fourth-order valence-electron chi connectivity index (χ4n) is 4.49. The minimum Gasteiger partial charge on any atom is -0.469 e. The van der Waals surface area contributed by atoms with Gasteiger partial charge in [-0.2, -0.15) is 5.10 Å². The van der Waals surface area contributed by atoms with E-state index in [1.807, 2.05) is 53.3 Å². The van der Waals surface area contributed by atoms with Crippen LogP contribution < -0.4 is 5.32 Å². The highest BCUT2D eigenvalue weighted by Crippen LogP contribution is 2.25. The van der Waals surface area contributed by atoms with Gasteiger partial charge in [-0.15, -0.1) is 0 Å². The lowest BCUT2D eigenvalue weighted by Crippen LogP contribution is -2.30. The van der Waals surface area contributed by atoms with E-state index in [2.05, 4.69) is 15.4 Å². The summed E-state index contributed by atoms with van der Waals surface area (Å²) in [6, 6.07) is 18.4. The van der Waals surface area contributed by atoms with Crippen LogP contribution in [0.1, 0.15) is 39.8 Å². The Balaban J connectivity index is 1.42. The van der Waals surface area contributed by atoms with Crippen molar-refractivity contribution < 1.29 is 18.7 Å². The van der Waals surface area contributed by atoms with Gasteiger partial charge in [0.25, 0.3) is 5.91 Å². The SMILES string of the molecule is COC(=O)CC(NC(=O)c1ccn2c(-c3cccc(-n4nc(C)cc4C)c3)cnc2c1)c1cccc(F)c1. The Kier molecular flexibility index (Phi) is 6.74. The first-order chi connectivity index (χ1) is 18.3. The van der Waals surface area contributed by atoms with E-state index >= 15 is 0 Å². The molecule has 0 fully saturated rings. The van der Waals surface area contributed by atoms with Crippen LogP contribution in [-0.2, 0) is 9.53 Å². The zero-order valence-corrected chi connectivity index (χ0v) is 21.2. The molecule has 5 aromatic rings. The number of rotatable bonds is 7. The molecular formula is C29H26FN5O3. The van der Waals surface area contributed by atoms with Gasteiger partial charge in [-0.1, -0.05) is 24.3 Å². The predicted octanol–water partition coefficient (Wildman–Crippen LogP) is 4.98. The lowest BCUT2D eigenvalue weighted by molar-refractivity contribution is -0.141. The molecule has 0 spiro atoms. The molecule has 1 N–H and O–H groups in total. The molecule has 3 heterocycles. The Morgan fingerprint density at radius 2 is 1.87 bits per heavy atom. The van der Waals surface area contributed by atoms with Gasteiger partial charge in [0.2, 0.25) is 0 Å². The van der Waals surface area contributed by atoms with E-state index in [-0.39, 0.29) is 6.42 Å². The number of hydrogen-bond donors (Lipinski definition) is 1. The summed E-state index contributed by atoms with van der Waals surface area (Å²) in [5.41, 5.74) is 6.14. The number of pyridine rings is 1. The van der Waals surface area contributed by atoms with Crippen LogP contribution in [0, 0.1) is 19.7 Å². The Bertz CT molecular complexity index is 1660. The van der Waals surface area contributed by atoms with Crippen molar-refractivity contribution in [1.29, 1.82) is 0 Å². The van der Waals surface area contributed by atoms with Crippen molar-refractivity contribution in [2.45, 2.75) is 26.3 Å². The maximum atomic E-state index is 13.8. The predicted molar refractivity (Wildman–Crippen MR) is 140 cm³/mol. The number of methoxy groups -OCH3 is 1. The molecule has 0 bridgehead atoms. The first kappa shape index (κ1) is 24.9. The number of imidazole rings is 1. The van der Waals surface area contributed by atoms with Crippen LogP contribution in [0.2, 0.25) is 0 Å². The van der Waals surface area contributed by atoms with E-state index in [9.17, 15) is 14.0 Å². The number of ether oxygens (including phenoxy) is 1. The normalized spacial score (nSPS) is 11.9. The van der Waals surface area contributed by atoms with Gasteiger partial charge < -0.3 is 10.1 Å². The number of hydrogen-bond acceptors (Lipinski definition) is 5. The molecule has 2 aromatic carbocycles. The zero-order chi connectivity index (χ0) is 26.8. The molecule has 0 aliphatic heterocycles. The van der Waals surface area contributed by atoms with Crippen LogP contribution in [0.4, 0.5) is 4.39 Å². The number of nitrogens with one attached hydrogen (secondary N) is 1. The first-order valence-corrected chi connectivity index (χ1v) is 12.1. The summed E-state index contributed by atoms with van der Waals surface area (Å²) in [6.45, 7) is 3.97. The average Bonchev–Trinajstić information content (AvgIpc) is 3.49. The molecule has 0 saturated carbocycles. The first-order valence-electron chi connectivity index (χ1n) is 12.1. The quantitative estimate of drug-likeness (QED) is 0.312. The Labute approximate surface area is 218 Å². The molecule has 1 atom stereocenters. The molecule has 38 heavy (non-hydrogen) atoms. The molecule has 1 unspecified atom stereocenters. The van der Waals surface area contributed by atoms with E-state index in [0.717, 1.165) is 28.3 Å². The third-order valence-corrected chi connectivity index (χ3v) is 6.33. The number of fused-ring (bicyclic) bond motifs is 1. The highest BCUT2D eigenvalue weighted by molar-refractivity contribution is 5.95. The van der Waals surface area contributed by atoms with Crippen LogP contribution in [-0.4, -0.2) is 38.2 Å². The number of aromatic nitrogens is 4. The molecule has 192 valence electrons. The maximum absolute atomic E-state index is 13.8. The van der Waals surface area contributed by atoms with Crippen LogP contribution in [0.15, 0.2) is 79.1 Å². The Morgan fingerprint density at radius 3 is 2.61 bits per heavy atom. The third-order valence-electron chi connectivity index (χ3n) is 6.33. The van der Waals surface area contributed by atoms with E-state index in [1.54, 1.807) is 30.6 Å². The average molecular weight is 512 g/mol. The van der Waals surface area contributed by atoms with Crippen molar-refractivity contribution in [3.8, 4) is 16.9 Å². The van der Waals surface area contributed by atoms with E-state index < -0.39 is 23.7 Å². The number of amides is 1. The van der Waals surface area contributed by atoms with Gasteiger partial charge in [0.05, 0.1) is 42.8 Å². The highest BCUT2D eigenvalue weighted by Gasteiger charge is 2.21. The molecule has 0 radical (unpaired) electrons. The number of benzene rings is 2. The van der Waals surface area contributed by atoms with Gasteiger partial charge in [-0.25, -0.2) is 14.1 Å². The summed E-state index contributed by atoms with van der Waals surface area (Å²) >= 11 is 0. The Morgan fingerprint density at radius 1 is 1.05 bits per heavy atom.